The number of anilines is 1. The predicted molar refractivity (Wildman–Crippen MR) is 129 cm³/mol. The van der Waals surface area contributed by atoms with Gasteiger partial charge in [0, 0.05) is 17.5 Å². The summed E-state index contributed by atoms with van der Waals surface area (Å²) in [6.45, 7) is 2.24. The number of rotatable bonds is 5. The number of aromatic nitrogens is 5. The zero-order chi connectivity index (χ0) is 22.1. The van der Waals surface area contributed by atoms with Gasteiger partial charge in [0.05, 0.1) is 29.7 Å². The van der Waals surface area contributed by atoms with Gasteiger partial charge in [0.25, 0.3) is 0 Å². The van der Waals surface area contributed by atoms with Gasteiger partial charge in [0.15, 0.2) is 0 Å². The van der Waals surface area contributed by atoms with Crippen molar-refractivity contribution < 1.29 is 4.39 Å². The maximum Gasteiger partial charge on any atom is 0.146 e. The molecular formula is C23H17FN6S2. The molecule has 0 unspecified atom stereocenters. The van der Waals surface area contributed by atoms with Crippen molar-refractivity contribution in [2.45, 2.75) is 13.5 Å². The third-order valence-electron chi connectivity index (χ3n) is 4.91. The van der Waals surface area contributed by atoms with Crippen molar-refractivity contribution in [1.29, 1.82) is 0 Å². The first-order valence-corrected chi connectivity index (χ1v) is 11.0. The fourth-order valence-electron chi connectivity index (χ4n) is 3.43. The SMILES string of the molecule is Cc1cccc(-c2nn(CC(=S)Nc3ccccc3F)cc2-c2ccc3nsnc3c2)n1. The monoisotopic (exact) mass is 460 g/mol. The van der Waals surface area contributed by atoms with Gasteiger partial charge < -0.3 is 5.32 Å². The molecule has 0 aliphatic rings. The molecule has 0 aliphatic carbocycles. The Kier molecular flexibility index (Phi) is 5.42. The Morgan fingerprint density at radius 2 is 1.91 bits per heavy atom. The molecule has 1 N–H and O–H groups in total. The average Bonchev–Trinajstić information content (AvgIpc) is 3.42. The lowest BCUT2D eigenvalue weighted by Gasteiger charge is -2.08. The van der Waals surface area contributed by atoms with Gasteiger partial charge >= 0.3 is 0 Å². The van der Waals surface area contributed by atoms with Crippen LogP contribution in [-0.4, -0.2) is 28.5 Å². The van der Waals surface area contributed by atoms with Crippen LogP contribution in [0.15, 0.2) is 66.9 Å². The predicted octanol–water partition coefficient (Wildman–Crippen LogP) is 5.50. The Morgan fingerprint density at radius 1 is 1.06 bits per heavy atom. The Bertz CT molecular complexity index is 1440. The number of nitrogens with one attached hydrogen (secondary N) is 1. The largest absolute Gasteiger partial charge is 0.346 e. The Labute approximate surface area is 193 Å². The number of hydrogen-bond acceptors (Lipinski definition) is 6. The summed E-state index contributed by atoms with van der Waals surface area (Å²) in [7, 11) is 0. The summed E-state index contributed by atoms with van der Waals surface area (Å²) in [4.78, 5) is 5.10. The Morgan fingerprint density at radius 3 is 2.75 bits per heavy atom. The van der Waals surface area contributed by atoms with Crippen LogP contribution in [0.3, 0.4) is 0 Å². The van der Waals surface area contributed by atoms with Crippen LogP contribution in [-0.2, 0) is 6.54 Å². The Balaban J connectivity index is 1.52. The maximum atomic E-state index is 14.0. The van der Waals surface area contributed by atoms with Crippen molar-refractivity contribution in [2.75, 3.05) is 5.32 Å². The van der Waals surface area contributed by atoms with E-state index in [1.54, 1.807) is 22.9 Å². The van der Waals surface area contributed by atoms with E-state index in [9.17, 15) is 4.39 Å². The van der Waals surface area contributed by atoms with E-state index in [1.165, 1.54) is 17.8 Å². The number of hydrogen-bond donors (Lipinski definition) is 1. The third kappa shape index (κ3) is 4.12. The minimum atomic E-state index is -0.356. The molecule has 0 radical (unpaired) electrons. The number of thiocarbonyl (C=S) groups is 1. The number of halogens is 1. The smallest absolute Gasteiger partial charge is 0.146 e. The summed E-state index contributed by atoms with van der Waals surface area (Å²) >= 11 is 6.65. The van der Waals surface area contributed by atoms with Crippen LogP contribution in [0.5, 0.6) is 0 Å². The summed E-state index contributed by atoms with van der Waals surface area (Å²) in [5.74, 6) is -0.356. The topological polar surface area (TPSA) is 68.5 Å². The lowest BCUT2D eigenvalue weighted by Crippen LogP contribution is -2.17. The number of nitrogens with zero attached hydrogens (tertiary/aromatic N) is 5. The quantitative estimate of drug-likeness (QED) is 0.349. The van der Waals surface area contributed by atoms with Crippen LogP contribution in [0.4, 0.5) is 10.1 Å². The molecule has 2 aromatic carbocycles. The second kappa shape index (κ2) is 8.52. The van der Waals surface area contributed by atoms with Crippen LogP contribution in [0.2, 0.25) is 0 Å². The van der Waals surface area contributed by atoms with Gasteiger partial charge in [-0.3, -0.25) is 9.67 Å². The van der Waals surface area contributed by atoms with Crippen LogP contribution < -0.4 is 5.32 Å². The molecule has 0 atom stereocenters. The van der Waals surface area contributed by atoms with Gasteiger partial charge in [0.1, 0.15) is 27.5 Å². The zero-order valence-corrected chi connectivity index (χ0v) is 18.6. The van der Waals surface area contributed by atoms with Gasteiger partial charge in [0.2, 0.25) is 0 Å². The second-order valence-corrected chi connectivity index (χ2v) is 8.27. The van der Waals surface area contributed by atoms with E-state index in [0.717, 1.165) is 39.2 Å². The molecule has 0 fully saturated rings. The highest BCUT2D eigenvalue weighted by Gasteiger charge is 2.16. The van der Waals surface area contributed by atoms with E-state index in [4.69, 9.17) is 17.3 Å². The molecule has 5 rings (SSSR count). The van der Waals surface area contributed by atoms with Crippen molar-refractivity contribution in [3.05, 3.63) is 78.4 Å². The lowest BCUT2D eigenvalue weighted by atomic mass is 10.0. The molecule has 32 heavy (non-hydrogen) atoms. The molecule has 0 saturated carbocycles. The highest BCUT2D eigenvalue weighted by molar-refractivity contribution is 7.80. The first-order chi connectivity index (χ1) is 15.6. The van der Waals surface area contributed by atoms with Crippen LogP contribution in [0.1, 0.15) is 5.69 Å². The minimum absolute atomic E-state index is 0.295. The molecule has 6 nitrogen and oxygen atoms in total. The maximum absolute atomic E-state index is 14.0. The minimum Gasteiger partial charge on any atom is -0.346 e. The van der Waals surface area contributed by atoms with E-state index in [1.807, 2.05) is 49.5 Å². The highest BCUT2D eigenvalue weighted by atomic mass is 32.1. The van der Waals surface area contributed by atoms with E-state index in [2.05, 4.69) is 19.0 Å². The fraction of sp³-hybridized carbons (Fsp3) is 0.0870. The Hall–Kier alpha value is -3.56. The third-order valence-corrected chi connectivity index (χ3v) is 5.70. The number of pyridine rings is 1. The van der Waals surface area contributed by atoms with Gasteiger partial charge in [-0.2, -0.15) is 13.8 Å². The highest BCUT2D eigenvalue weighted by Crippen LogP contribution is 2.32. The molecule has 9 heteroatoms. The lowest BCUT2D eigenvalue weighted by molar-refractivity contribution is 0.632. The van der Waals surface area contributed by atoms with Gasteiger partial charge in [-0.05, 0) is 48.9 Å². The van der Waals surface area contributed by atoms with Gasteiger partial charge in [-0.25, -0.2) is 4.39 Å². The van der Waals surface area contributed by atoms with Crippen LogP contribution in [0.25, 0.3) is 33.5 Å². The number of para-hydroxylation sites is 1. The summed E-state index contributed by atoms with van der Waals surface area (Å²) < 4.78 is 24.4. The molecule has 0 bridgehead atoms. The molecule has 0 amide bonds. The van der Waals surface area contributed by atoms with Crippen molar-refractivity contribution in [3.63, 3.8) is 0 Å². The molecule has 158 valence electrons. The van der Waals surface area contributed by atoms with Crippen molar-refractivity contribution in [3.8, 4) is 22.5 Å². The summed E-state index contributed by atoms with van der Waals surface area (Å²) in [5, 5.41) is 7.73. The average molecular weight is 461 g/mol. The van der Waals surface area contributed by atoms with Crippen LogP contribution >= 0.6 is 23.9 Å². The number of aryl methyl sites for hydroxylation is 1. The molecule has 3 aromatic heterocycles. The van der Waals surface area contributed by atoms with E-state index in [-0.39, 0.29) is 5.82 Å². The van der Waals surface area contributed by atoms with E-state index >= 15 is 0 Å². The zero-order valence-electron chi connectivity index (χ0n) is 17.0. The molecule has 0 saturated heterocycles. The van der Waals surface area contributed by atoms with E-state index < -0.39 is 0 Å². The normalized spacial score (nSPS) is 11.1. The summed E-state index contributed by atoms with van der Waals surface area (Å²) in [5.41, 5.74) is 6.31. The van der Waals surface area contributed by atoms with Crippen molar-refractivity contribution in [1.82, 2.24) is 23.5 Å². The number of benzene rings is 2. The first-order valence-electron chi connectivity index (χ1n) is 9.85. The first kappa shape index (κ1) is 20.3. The molecular weight excluding hydrogens is 443 g/mol. The van der Waals surface area contributed by atoms with Crippen molar-refractivity contribution in [2.24, 2.45) is 0 Å². The molecule has 0 aliphatic heterocycles. The molecule has 5 aromatic rings. The van der Waals surface area contributed by atoms with Crippen molar-refractivity contribution >= 4 is 45.7 Å². The number of fused-ring (bicyclic) bond motifs is 1. The standard InChI is InChI=1S/C23H17FN6S2/c1-14-5-4-8-20(25-14)23-16(15-9-10-19-21(11-15)29-32-28-19)12-30(27-23)13-22(31)26-18-7-3-2-6-17(18)24/h2-12H,13H2,1H3,(H,26,31). The molecule has 0 spiro atoms. The van der Waals surface area contributed by atoms with Crippen LogP contribution in [0, 0.1) is 12.7 Å². The second-order valence-electron chi connectivity index (χ2n) is 7.25. The van der Waals surface area contributed by atoms with E-state index in [0.29, 0.717) is 17.2 Å². The molecule has 3 heterocycles. The van der Waals surface area contributed by atoms with Gasteiger partial charge in [-0.1, -0.05) is 36.5 Å². The van der Waals surface area contributed by atoms with Gasteiger partial charge in [-0.15, -0.1) is 0 Å². The fourth-order valence-corrected chi connectivity index (χ4v) is 4.19. The summed E-state index contributed by atoms with van der Waals surface area (Å²) in [6.07, 6.45) is 1.93. The summed E-state index contributed by atoms with van der Waals surface area (Å²) in [6, 6.07) is 18.2.